The minimum atomic E-state index is 1.18. The third-order valence-electron chi connectivity index (χ3n) is 3.76. The Bertz CT molecular complexity index is 153. The maximum absolute atomic E-state index is 3.49. The molecular weight excluding hydrogens is 298 g/mol. The van der Waals surface area contributed by atoms with Crippen molar-refractivity contribution in [3.05, 3.63) is 0 Å². The zero-order chi connectivity index (χ0) is 14.2. The van der Waals surface area contributed by atoms with Crippen LogP contribution in [0.4, 0.5) is 0 Å². The first-order valence-electron chi connectivity index (χ1n) is 8.63. The van der Waals surface area contributed by atoms with Crippen molar-refractivity contribution in [1.82, 2.24) is 4.90 Å². The van der Waals surface area contributed by atoms with Crippen molar-refractivity contribution in [3.63, 3.8) is 0 Å². The van der Waals surface area contributed by atoms with Crippen molar-refractivity contribution in [1.29, 1.82) is 0 Å². The van der Waals surface area contributed by atoms with Crippen LogP contribution < -0.4 is 0 Å². The molecule has 0 aromatic heterocycles. The molecule has 0 N–H and O–H groups in total. The zero-order valence-corrected chi connectivity index (χ0v) is 15.0. The van der Waals surface area contributed by atoms with Gasteiger partial charge >= 0.3 is 0 Å². The number of unbranched alkanes of at least 4 members (excludes halogenated alkanes) is 8. The van der Waals surface area contributed by atoms with Crippen molar-refractivity contribution >= 4 is 15.9 Å². The van der Waals surface area contributed by atoms with E-state index in [1.165, 1.54) is 95.6 Å². The van der Waals surface area contributed by atoms with E-state index in [0.717, 1.165) is 0 Å². The molecule has 0 bridgehead atoms. The molecule has 0 fully saturated rings. The first-order valence-corrected chi connectivity index (χ1v) is 9.75. The van der Waals surface area contributed by atoms with Crippen molar-refractivity contribution in [2.24, 2.45) is 0 Å². The maximum Gasteiger partial charge on any atom is 0.00313 e. The summed E-state index contributed by atoms with van der Waals surface area (Å²) in [6.07, 6.45) is 15.3. The molecule has 0 aromatic rings. The first kappa shape index (κ1) is 19.4. The molecule has 0 unspecified atom stereocenters. The minimum Gasteiger partial charge on any atom is -0.303 e. The maximum atomic E-state index is 3.49. The highest BCUT2D eigenvalue weighted by molar-refractivity contribution is 9.09. The molecule has 0 aliphatic rings. The summed E-state index contributed by atoms with van der Waals surface area (Å²) in [4.78, 5) is 2.69. The van der Waals surface area contributed by atoms with E-state index >= 15 is 0 Å². The molecule has 19 heavy (non-hydrogen) atoms. The molecule has 0 rings (SSSR count). The molecule has 1 nitrogen and oxygen atoms in total. The van der Waals surface area contributed by atoms with Crippen LogP contribution in [0.15, 0.2) is 0 Å². The van der Waals surface area contributed by atoms with Gasteiger partial charge in [0.25, 0.3) is 0 Å². The van der Waals surface area contributed by atoms with Gasteiger partial charge in [0.15, 0.2) is 0 Å². The zero-order valence-electron chi connectivity index (χ0n) is 13.4. The first-order chi connectivity index (χ1) is 9.35. The molecule has 0 saturated heterocycles. The van der Waals surface area contributed by atoms with Gasteiger partial charge in [0.1, 0.15) is 0 Å². The van der Waals surface area contributed by atoms with E-state index in [9.17, 15) is 0 Å². The molecular formula is C17H36BrN. The van der Waals surface area contributed by atoms with Crippen molar-refractivity contribution < 1.29 is 0 Å². The van der Waals surface area contributed by atoms with Crippen molar-refractivity contribution in [2.75, 3.05) is 25.0 Å². The highest BCUT2D eigenvalue weighted by Crippen LogP contribution is 2.09. The van der Waals surface area contributed by atoms with Crippen LogP contribution in [0.1, 0.15) is 84.5 Å². The number of halogens is 1. The topological polar surface area (TPSA) is 3.24 Å². The molecule has 0 amide bonds. The summed E-state index contributed by atoms with van der Waals surface area (Å²) in [5, 5.41) is 1.18. The van der Waals surface area contributed by atoms with Gasteiger partial charge < -0.3 is 4.90 Å². The van der Waals surface area contributed by atoms with Gasteiger partial charge in [0.2, 0.25) is 0 Å². The SMILES string of the molecule is CCCCN(CCCC)CCCCCCCCCBr. The van der Waals surface area contributed by atoms with Gasteiger partial charge in [0.05, 0.1) is 0 Å². The van der Waals surface area contributed by atoms with Crippen LogP contribution >= 0.6 is 15.9 Å². The van der Waals surface area contributed by atoms with Crippen LogP contribution in [0, 0.1) is 0 Å². The second-order valence-electron chi connectivity index (χ2n) is 5.71. The number of nitrogens with zero attached hydrogens (tertiary/aromatic N) is 1. The largest absolute Gasteiger partial charge is 0.303 e. The van der Waals surface area contributed by atoms with E-state index in [0.29, 0.717) is 0 Å². The van der Waals surface area contributed by atoms with Gasteiger partial charge in [-0.3, -0.25) is 0 Å². The van der Waals surface area contributed by atoms with Crippen LogP contribution in [-0.4, -0.2) is 29.9 Å². The Morgan fingerprint density at radius 2 is 1.00 bits per heavy atom. The van der Waals surface area contributed by atoms with E-state index < -0.39 is 0 Å². The van der Waals surface area contributed by atoms with Crippen LogP contribution in [0.3, 0.4) is 0 Å². The quantitative estimate of drug-likeness (QED) is 0.262. The van der Waals surface area contributed by atoms with E-state index in [2.05, 4.69) is 34.7 Å². The highest BCUT2D eigenvalue weighted by Gasteiger charge is 2.03. The molecule has 2 heteroatoms. The van der Waals surface area contributed by atoms with Gasteiger partial charge in [-0.1, -0.05) is 74.7 Å². The summed E-state index contributed by atoms with van der Waals surface area (Å²) in [5.41, 5.74) is 0. The van der Waals surface area contributed by atoms with Crippen LogP contribution in [0.5, 0.6) is 0 Å². The number of hydrogen-bond donors (Lipinski definition) is 0. The second kappa shape index (κ2) is 16.5. The average molecular weight is 334 g/mol. The van der Waals surface area contributed by atoms with E-state index in [1.54, 1.807) is 0 Å². The van der Waals surface area contributed by atoms with Gasteiger partial charge in [-0.25, -0.2) is 0 Å². The smallest absolute Gasteiger partial charge is 0.00313 e. The van der Waals surface area contributed by atoms with Crippen LogP contribution in [-0.2, 0) is 0 Å². The molecule has 0 aliphatic carbocycles. The Labute approximate surface area is 130 Å². The molecule has 0 spiro atoms. The van der Waals surface area contributed by atoms with Crippen LogP contribution in [0.2, 0.25) is 0 Å². The number of hydrogen-bond acceptors (Lipinski definition) is 1. The summed E-state index contributed by atoms with van der Waals surface area (Å²) in [6, 6.07) is 0. The molecule has 0 radical (unpaired) electrons. The molecule has 0 heterocycles. The summed E-state index contributed by atoms with van der Waals surface area (Å²) in [6.45, 7) is 8.57. The standard InChI is InChI=1S/C17H36BrN/c1-3-5-15-19(16-6-4-2)17-13-11-9-7-8-10-12-14-18/h3-17H2,1-2H3. The fourth-order valence-electron chi connectivity index (χ4n) is 2.41. The lowest BCUT2D eigenvalue weighted by Crippen LogP contribution is -2.27. The number of alkyl halides is 1. The fraction of sp³-hybridized carbons (Fsp3) is 1.00. The molecule has 0 saturated carbocycles. The Morgan fingerprint density at radius 1 is 0.579 bits per heavy atom. The fourth-order valence-corrected chi connectivity index (χ4v) is 2.81. The highest BCUT2D eigenvalue weighted by atomic mass is 79.9. The van der Waals surface area contributed by atoms with Gasteiger partial charge in [-0.15, -0.1) is 0 Å². The second-order valence-corrected chi connectivity index (χ2v) is 6.51. The van der Waals surface area contributed by atoms with E-state index in [-0.39, 0.29) is 0 Å². The summed E-state index contributed by atoms with van der Waals surface area (Å²) in [5.74, 6) is 0. The Kier molecular flexibility index (Phi) is 16.9. The Hall–Kier alpha value is 0.440. The van der Waals surface area contributed by atoms with Gasteiger partial charge in [-0.2, -0.15) is 0 Å². The molecule has 116 valence electrons. The monoisotopic (exact) mass is 333 g/mol. The minimum absolute atomic E-state index is 1.18. The van der Waals surface area contributed by atoms with E-state index in [1.807, 2.05) is 0 Å². The molecule has 0 atom stereocenters. The predicted octanol–water partition coefficient (Wildman–Crippen LogP) is 6.01. The van der Waals surface area contributed by atoms with Crippen molar-refractivity contribution in [2.45, 2.75) is 84.5 Å². The van der Waals surface area contributed by atoms with Gasteiger partial charge in [-0.05, 0) is 45.3 Å². The van der Waals surface area contributed by atoms with E-state index in [4.69, 9.17) is 0 Å². The summed E-state index contributed by atoms with van der Waals surface area (Å²) < 4.78 is 0. The van der Waals surface area contributed by atoms with Crippen molar-refractivity contribution in [3.8, 4) is 0 Å². The third kappa shape index (κ3) is 14.7. The lowest BCUT2D eigenvalue weighted by Gasteiger charge is -2.21. The average Bonchev–Trinajstić information content (AvgIpc) is 2.43. The predicted molar refractivity (Wildman–Crippen MR) is 92.4 cm³/mol. The lowest BCUT2D eigenvalue weighted by atomic mass is 10.1. The van der Waals surface area contributed by atoms with Crippen LogP contribution in [0.25, 0.3) is 0 Å². The third-order valence-corrected chi connectivity index (χ3v) is 4.32. The Morgan fingerprint density at radius 3 is 1.47 bits per heavy atom. The van der Waals surface area contributed by atoms with Gasteiger partial charge in [0, 0.05) is 5.33 Å². The lowest BCUT2D eigenvalue weighted by molar-refractivity contribution is 0.259. The number of rotatable bonds is 15. The summed E-state index contributed by atoms with van der Waals surface area (Å²) >= 11 is 3.49. The normalized spacial score (nSPS) is 11.4. The summed E-state index contributed by atoms with van der Waals surface area (Å²) in [7, 11) is 0. The molecule has 0 aromatic carbocycles. The molecule has 0 aliphatic heterocycles. The Balaban J connectivity index is 3.40.